The van der Waals surface area contributed by atoms with Gasteiger partial charge in [-0.05, 0) is 63.1 Å². The summed E-state index contributed by atoms with van der Waals surface area (Å²) >= 11 is 0. The van der Waals surface area contributed by atoms with Crippen molar-refractivity contribution in [3.8, 4) is 5.75 Å². The molecule has 1 fully saturated rings. The molecule has 4 rings (SSSR count). The van der Waals surface area contributed by atoms with Crippen molar-refractivity contribution in [1.29, 1.82) is 0 Å². The van der Waals surface area contributed by atoms with Gasteiger partial charge in [-0.15, -0.1) is 0 Å². The van der Waals surface area contributed by atoms with Crippen molar-refractivity contribution in [2.24, 2.45) is 5.92 Å². The predicted octanol–water partition coefficient (Wildman–Crippen LogP) is 6.72. The Hall–Kier alpha value is -3.43. The zero-order valence-electron chi connectivity index (χ0n) is 21.1. The van der Waals surface area contributed by atoms with Crippen molar-refractivity contribution in [2.45, 2.75) is 57.7 Å². The van der Waals surface area contributed by atoms with E-state index in [1.165, 1.54) is 19.2 Å². The van der Waals surface area contributed by atoms with Crippen LogP contribution in [0.1, 0.15) is 67.1 Å². The number of aromatic nitrogens is 2. The molecule has 10 heteroatoms. The minimum Gasteiger partial charge on any atom is -0.496 e. The second kappa shape index (κ2) is 10.5. The molecule has 1 N–H and O–H groups in total. The quantitative estimate of drug-likeness (QED) is 0.288. The second-order valence-electron chi connectivity index (χ2n) is 9.38. The van der Waals surface area contributed by atoms with Gasteiger partial charge in [0.25, 0.3) is 0 Å². The van der Waals surface area contributed by atoms with Crippen LogP contribution in [0.5, 0.6) is 5.75 Å². The Balaban J connectivity index is 1.70. The number of hydrogen-bond donors (Lipinski definition) is 1. The fraction of sp³-hybridized carbons (Fsp3) is 0.444. The van der Waals surface area contributed by atoms with Crippen LogP contribution >= 0.6 is 0 Å². The molecule has 1 aromatic heterocycles. The summed E-state index contributed by atoms with van der Waals surface area (Å²) in [6.45, 7) is 3.29. The number of fused-ring (bicyclic) bond motifs is 1. The lowest BCUT2D eigenvalue weighted by Crippen LogP contribution is -2.22. The molecule has 1 aliphatic carbocycles. The lowest BCUT2D eigenvalue weighted by Gasteiger charge is -2.28. The van der Waals surface area contributed by atoms with Gasteiger partial charge in [-0.2, -0.15) is 13.2 Å². The van der Waals surface area contributed by atoms with E-state index in [0.29, 0.717) is 41.1 Å². The highest BCUT2D eigenvalue weighted by Crippen LogP contribution is 2.42. The Morgan fingerprint density at radius 1 is 1.11 bits per heavy atom. The number of hydrogen-bond acceptors (Lipinski definition) is 6. The first kappa shape index (κ1) is 26.6. The number of alkyl halides is 3. The molecule has 1 saturated carbocycles. The number of nitrogens with one attached hydrogen (secondary N) is 1. The second-order valence-corrected chi connectivity index (χ2v) is 9.38. The van der Waals surface area contributed by atoms with E-state index in [0.717, 1.165) is 24.5 Å². The molecule has 6 nitrogen and oxygen atoms in total. The summed E-state index contributed by atoms with van der Waals surface area (Å²) in [7, 11) is 2.97. The van der Waals surface area contributed by atoms with Crippen LogP contribution in [0.2, 0.25) is 0 Å². The number of rotatable bonds is 6. The number of methoxy groups -OCH3 is 2. The molecule has 0 radical (unpaired) electrons. The van der Waals surface area contributed by atoms with E-state index < -0.39 is 23.6 Å². The summed E-state index contributed by atoms with van der Waals surface area (Å²) in [6.07, 6.45) is -1.87. The Morgan fingerprint density at radius 2 is 1.81 bits per heavy atom. The van der Waals surface area contributed by atoms with Gasteiger partial charge in [0.1, 0.15) is 23.2 Å². The first-order valence-corrected chi connectivity index (χ1v) is 12.1. The molecule has 2 aromatic carbocycles. The maximum atomic E-state index is 14.8. The number of nitrogens with zero attached hydrogens (tertiary/aromatic N) is 2. The van der Waals surface area contributed by atoms with Crippen LogP contribution in [0, 0.1) is 18.7 Å². The van der Waals surface area contributed by atoms with Crippen molar-refractivity contribution >= 4 is 22.7 Å². The van der Waals surface area contributed by atoms with Crippen LogP contribution in [0.4, 0.5) is 23.4 Å². The Bertz CT molecular complexity index is 1300. The van der Waals surface area contributed by atoms with Crippen LogP contribution in [-0.4, -0.2) is 30.2 Å². The first-order chi connectivity index (χ1) is 17.5. The minimum absolute atomic E-state index is 0.117. The molecule has 0 aliphatic heterocycles. The van der Waals surface area contributed by atoms with Gasteiger partial charge in [0.05, 0.1) is 37.3 Å². The number of carbonyl (C=O) groups excluding carboxylic acids is 1. The van der Waals surface area contributed by atoms with Gasteiger partial charge in [0, 0.05) is 17.0 Å². The number of benzene rings is 2. The van der Waals surface area contributed by atoms with Gasteiger partial charge in [0.15, 0.2) is 0 Å². The number of anilines is 1. The topological polar surface area (TPSA) is 73.3 Å². The van der Waals surface area contributed by atoms with Crippen molar-refractivity contribution in [1.82, 2.24) is 9.97 Å². The van der Waals surface area contributed by atoms with Gasteiger partial charge >= 0.3 is 12.1 Å². The first-order valence-electron chi connectivity index (χ1n) is 12.1. The van der Waals surface area contributed by atoms with Gasteiger partial charge < -0.3 is 14.8 Å². The molecule has 1 heterocycles. The summed E-state index contributed by atoms with van der Waals surface area (Å²) in [5, 5.41) is 3.75. The lowest BCUT2D eigenvalue weighted by atomic mass is 9.78. The number of aryl methyl sites for hydroxylation is 1. The summed E-state index contributed by atoms with van der Waals surface area (Å²) in [5.41, 5.74) is 0.105. The maximum Gasteiger partial charge on any atom is 0.419 e. The van der Waals surface area contributed by atoms with Crippen LogP contribution in [0.3, 0.4) is 0 Å². The van der Waals surface area contributed by atoms with E-state index in [4.69, 9.17) is 9.47 Å². The molecular formula is C27H29F4N3O3. The fourth-order valence-corrected chi connectivity index (χ4v) is 5.09. The number of halogens is 4. The molecule has 1 aliphatic rings. The summed E-state index contributed by atoms with van der Waals surface area (Å²) in [6, 6.07) is 6.17. The smallest absolute Gasteiger partial charge is 0.419 e. The van der Waals surface area contributed by atoms with Crippen LogP contribution in [0.15, 0.2) is 30.3 Å². The highest BCUT2D eigenvalue weighted by Gasteiger charge is 2.35. The van der Waals surface area contributed by atoms with Gasteiger partial charge in [-0.1, -0.05) is 12.1 Å². The van der Waals surface area contributed by atoms with Gasteiger partial charge in [0.2, 0.25) is 0 Å². The summed E-state index contributed by atoms with van der Waals surface area (Å²) in [4.78, 5) is 20.9. The third-order valence-corrected chi connectivity index (χ3v) is 7.01. The Morgan fingerprint density at radius 3 is 2.43 bits per heavy atom. The van der Waals surface area contributed by atoms with E-state index >= 15 is 0 Å². The third kappa shape index (κ3) is 5.47. The molecule has 37 heavy (non-hydrogen) atoms. The fourth-order valence-electron chi connectivity index (χ4n) is 5.09. The molecular weight excluding hydrogens is 490 g/mol. The van der Waals surface area contributed by atoms with Gasteiger partial charge in [-0.3, -0.25) is 4.79 Å². The Labute approximate surface area is 212 Å². The molecule has 1 atom stereocenters. The highest BCUT2D eigenvalue weighted by atomic mass is 19.4. The summed E-state index contributed by atoms with van der Waals surface area (Å²) < 4.78 is 65.1. The molecule has 0 unspecified atom stereocenters. The number of carbonyl (C=O) groups is 1. The lowest BCUT2D eigenvalue weighted by molar-refractivity contribution is -0.146. The van der Waals surface area contributed by atoms with Gasteiger partial charge in [-0.25, -0.2) is 14.4 Å². The van der Waals surface area contributed by atoms with Crippen LogP contribution in [-0.2, 0) is 15.7 Å². The molecule has 0 saturated heterocycles. The van der Waals surface area contributed by atoms with Crippen LogP contribution < -0.4 is 10.1 Å². The van der Waals surface area contributed by atoms with Crippen molar-refractivity contribution in [3.05, 3.63) is 58.7 Å². The number of ether oxygens (including phenoxy) is 2. The maximum absolute atomic E-state index is 14.8. The summed E-state index contributed by atoms with van der Waals surface area (Å²) in [5.74, 6) is -0.00845. The third-order valence-electron chi connectivity index (χ3n) is 7.01. The minimum atomic E-state index is -4.80. The standard InChI is InChI=1S/C27H29F4N3O3/c1-14(18-6-5-7-21(24(18)28)27(29,30)31)32-25-20-12-19(16-8-10-17(11-9-16)26(35)37-4)23(36-3)13-22(20)33-15(2)34-25/h5-7,12-14,16-17H,8-11H2,1-4H3,(H,32,33,34)/t14-,16?,17?/m1/s1. The van der Waals surface area contributed by atoms with E-state index in [-0.39, 0.29) is 23.4 Å². The van der Waals surface area contributed by atoms with Crippen molar-refractivity contribution < 1.29 is 31.8 Å². The zero-order valence-corrected chi connectivity index (χ0v) is 21.1. The molecule has 3 aromatic rings. The monoisotopic (exact) mass is 519 g/mol. The molecule has 198 valence electrons. The van der Waals surface area contributed by atoms with E-state index in [1.807, 2.05) is 12.1 Å². The van der Waals surface area contributed by atoms with E-state index in [9.17, 15) is 22.4 Å². The van der Waals surface area contributed by atoms with E-state index in [2.05, 4.69) is 15.3 Å². The molecule has 0 bridgehead atoms. The highest BCUT2D eigenvalue weighted by molar-refractivity contribution is 5.91. The predicted molar refractivity (Wildman–Crippen MR) is 131 cm³/mol. The average Bonchev–Trinajstić information content (AvgIpc) is 2.86. The zero-order chi connectivity index (χ0) is 26.9. The van der Waals surface area contributed by atoms with E-state index in [1.54, 1.807) is 21.0 Å². The van der Waals surface area contributed by atoms with Crippen molar-refractivity contribution in [3.63, 3.8) is 0 Å². The SMILES string of the molecule is COC(=O)C1CCC(c2cc3c(N[C@H](C)c4cccc(C(F)(F)F)c4F)nc(C)nc3cc2OC)CC1. The largest absolute Gasteiger partial charge is 0.496 e. The molecule has 0 amide bonds. The molecule has 0 spiro atoms. The Kier molecular flexibility index (Phi) is 7.57. The van der Waals surface area contributed by atoms with Crippen molar-refractivity contribution in [2.75, 3.05) is 19.5 Å². The van der Waals surface area contributed by atoms with Crippen LogP contribution in [0.25, 0.3) is 10.9 Å². The normalized spacial score (nSPS) is 18.9. The number of esters is 1. The average molecular weight is 520 g/mol.